The predicted molar refractivity (Wildman–Crippen MR) is 26.1 cm³/mol. The van der Waals surface area contributed by atoms with Crippen molar-refractivity contribution < 1.29 is 28.0 Å². The molecule has 0 aromatic carbocycles. The molecule has 0 aromatic heterocycles. The standard InChI is InChI=1S/O3P.H2O3S.Pb/c2*1-4(2)3;/h;(H2,1,2,3);/q-3;;. The second-order valence-corrected chi connectivity index (χ2v) is 1.36. The van der Waals surface area contributed by atoms with Gasteiger partial charge in [-0.25, -0.2) is 0 Å². The summed E-state index contributed by atoms with van der Waals surface area (Å²) in [5, 5.41) is 0. The van der Waals surface area contributed by atoms with Crippen molar-refractivity contribution in [1.29, 1.82) is 0 Å². The van der Waals surface area contributed by atoms with Gasteiger partial charge in [0.2, 0.25) is 0 Å². The van der Waals surface area contributed by atoms with E-state index in [-0.39, 0.29) is 27.3 Å². The van der Waals surface area contributed by atoms with Crippen LogP contribution in [-0.4, -0.2) is 40.6 Å². The zero-order valence-corrected chi connectivity index (χ0v) is 9.48. The van der Waals surface area contributed by atoms with Crippen LogP contribution in [0.5, 0.6) is 0 Å². The molecule has 9 heteroatoms. The van der Waals surface area contributed by atoms with E-state index in [4.69, 9.17) is 28.0 Å². The van der Waals surface area contributed by atoms with Crippen LogP contribution in [0.4, 0.5) is 0 Å². The molecule has 0 spiro atoms. The third kappa shape index (κ3) is 293. The van der Waals surface area contributed by atoms with Crippen molar-refractivity contribution in [1.82, 2.24) is 0 Å². The first-order valence-electron chi connectivity index (χ1n) is 1.08. The minimum atomic E-state index is -3.37. The van der Waals surface area contributed by atoms with Crippen molar-refractivity contribution >= 4 is 47.3 Å². The van der Waals surface area contributed by atoms with Crippen LogP contribution < -0.4 is 14.7 Å². The molecule has 0 saturated carbocycles. The van der Waals surface area contributed by atoms with Gasteiger partial charge in [0.15, 0.2) is 0 Å². The van der Waals surface area contributed by atoms with Crippen LogP contribution in [0.25, 0.3) is 0 Å². The normalized spacial score (nSPS) is 7.89. The summed E-state index contributed by atoms with van der Waals surface area (Å²) in [6, 6.07) is 0. The molecule has 0 fully saturated rings. The summed E-state index contributed by atoms with van der Waals surface area (Å²) in [5.74, 6) is 0. The Morgan fingerprint density at radius 3 is 1.22 bits per heavy atom. The minimum Gasteiger partial charge on any atom is -0.854 e. The van der Waals surface area contributed by atoms with Gasteiger partial charge >= 0.3 is 0 Å². The zero-order valence-electron chi connectivity index (χ0n) is 3.88. The van der Waals surface area contributed by atoms with E-state index < -0.39 is 20.0 Å². The number of hydrogen-bond acceptors (Lipinski definition) is 4. The van der Waals surface area contributed by atoms with Gasteiger partial charge in [-0.3, -0.25) is 9.11 Å². The Balaban J connectivity index is -0.0000000720. The van der Waals surface area contributed by atoms with Crippen molar-refractivity contribution in [3.63, 3.8) is 0 Å². The minimum absolute atomic E-state index is 0. The van der Waals surface area contributed by atoms with Crippen molar-refractivity contribution in [2.75, 3.05) is 0 Å². The molecule has 56 valence electrons. The molecule has 0 atom stereocenters. The molecule has 0 saturated heterocycles. The summed E-state index contributed by atoms with van der Waals surface area (Å²) in [6.45, 7) is 0. The molecule has 0 bridgehead atoms. The molecule has 4 radical (unpaired) electrons. The first kappa shape index (κ1) is 16.7. The van der Waals surface area contributed by atoms with Crippen LogP contribution in [0.15, 0.2) is 0 Å². The van der Waals surface area contributed by atoms with E-state index in [1.165, 1.54) is 0 Å². The maximum Gasteiger partial charge on any atom is 0.299 e. The molecule has 9 heavy (non-hydrogen) atoms. The Kier molecular flexibility index (Phi) is 22.3. The van der Waals surface area contributed by atoms with Crippen LogP contribution in [0, 0.1) is 0 Å². The fourth-order valence-corrected chi connectivity index (χ4v) is 0. The monoisotopic (exact) mass is 369 g/mol. The van der Waals surface area contributed by atoms with E-state index >= 15 is 0 Å². The van der Waals surface area contributed by atoms with Gasteiger partial charge in [-0.15, -0.1) is 0 Å². The molecule has 6 nitrogen and oxygen atoms in total. The molecule has 0 unspecified atom stereocenters. The second-order valence-electron chi connectivity index (χ2n) is 0.454. The molecule has 0 aliphatic rings. The molecule has 0 aromatic rings. The third-order valence-corrected chi connectivity index (χ3v) is 0. The van der Waals surface area contributed by atoms with Crippen LogP contribution in [-0.2, 0) is 11.4 Å². The molecule has 0 aliphatic heterocycles. The second kappa shape index (κ2) is 12.0. The average Bonchev–Trinajstić information content (AvgIpc) is 1.25. The summed E-state index contributed by atoms with van der Waals surface area (Å²) in [6.07, 6.45) is 0. The molecule has 0 heterocycles. The Labute approximate surface area is 75.2 Å². The maximum atomic E-state index is 8.67. The van der Waals surface area contributed by atoms with Crippen LogP contribution >= 0.6 is 8.60 Å². The first-order valence-corrected chi connectivity index (χ1v) is 3.24. The number of hydrogen-bond donors (Lipinski definition) is 2. The summed E-state index contributed by atoms with van der Waals surface area (Å²) in [5.41, 5.74) is 0. The van der Waals surface area contributed by atoms with Gasteiger partial charge in [-0.1, -0.05) is 0 Å². The van der Waals surface area contributed by atoms with Crippen LogP contribution in [0.1, 0.15) is 0 Å². The Hall–Kier alpha value is 1.30. The smallest absolute Gasteiger partial charge is 0.299 e. The van der Waals surface area contributed by atoms with E-state index in [1.54, 1.807) is 0 Å². The fraction of sp³-hybridized carbons (Fsp3) is 0. The molecule has 0 aliphatic carbocycles. The van der Waals surface area contributed by atoms with E-state index in [0.717, 1.165) is 0 Å². The van der Waals surface area contributed by atoms with Gasteiger partial charge in [0, 0.05) is 27.3 Å². The average molecular weight is 368 g/mol. The van der Waals surface area contributed by atoms with Crippen LogP contribution in [0.2, 0.25) is 0 Å². The first-order chi connectivity index (χ1) is 3.46. The summed E-state index contributed by atoms with van der Waals surface area (Å²) in [7, 11) is -3.37. The Morgan fingerprint density at radius 1 is 1.22 bits per heavy atom. The molecule has 2 N–H and O–H groups in total. The van der Waals surface area contributed by atoms with Crippen molar-refractivity contribution in [2.45, 2.75) is 0 Å². The molecular formula is H2O6PPbS-3. The summed E-state index contributed by atoms with van der Waals surface area (Å²) >= 11 is -2.61. The predicted octanol–water partition coefficient (Wildman–Crippen LogP) is -3.41. The van der Waals surface area contributed by atoms with Gasteiger partial charge in [0.05, 0.1) is 0 Å². The SMILES string of the molecule is O=S(O)O.[O-]P([O-])[O-].[Pb]. The van der Waals surface area contributed by atoms with E-state index in [0.29, 0.717) is 0 Å². The topological polar surface area (TPSA) is 127 Å². The third-order valence-electron chi connectivity index (χ3n) is 0. The Morgan fingerprint density at radius 2 is 1.22 bits per heavy atom. The Bertz CT molecular complexity index is 57.3. The van der Waals surface area contributed by atoms with Gasteiger partial charge < -0.3 is 23.3 Å². The van der Waals surface area contributed by atoms with E-state index in [2.05, 4.69) is 0 Å². The number of rotatable bonds is 0. The van der Waals surface area contributed by atoms with Crippen molar-refractivity contribution in [2.24, 2.45) is 0 Å². The summed E-state index contributed by atoms with van der Waals surface area (Å²) < 4.78 is 22.8. The van der Waals surface area contributed by atoms with E-state index in [1.807, 2.05) is 0 Å². The van der Waals surface area contributed by atoms with Gasteiger partial charge in [-0.2, -0.15) is 4.21 Å². The summed E-state index contributed by atoms with van der Waals surface area (Å²) in [4.78, 5) is 25.4. The van der Waals surface area contributed by atoms with E-state index in [9.17, 15) is 0 Å². The van der Waals surface area contributed by atoms with Crippen LogP contribution in [0.3, 0.4) is 0 Å². The van der Waals surface area contributed by atoms with Crippen molar-refractivity contribution in [3.05, 3.63) is 0 Å². The molecule has 0 rings (SSSR count). The fourth-order valence-electron chi connectivity index (χ4n) is 0. The van der Waals surface area contributed by atoms with Crippen molar-refractivity contribution in [3.8, 4) is 0 Å². The largest absolute Gasteiger partial charge is 0.854 e. The quantitative estimate of drug-likeness (QED) is 0.261. The molecular weight excluding hydrogens is 366 g/mol. The van der Waals surface area contributed by atoms with Gasteiger partial charge in [-0.05, 0) is 0 Å². The van der Waals surface area contributed by atoms with Gasteiger partial charge in [0.1, 0.15) is 0 Å². The molecule has 0 amide bonds. The zero-order chi connectivity index (χ0) is 7.15. The van der Waals surface area contributed by atoms with Gasteiger partial charge in [0.25, 0.3) is 11.4 Å². The maximum absolute atomic E-state index is 8.67.